The smallest absolute Gasteiger partial charge is 0.293 e. The summed E-state index contributed by atoms with van der Waals surface area (Å²) in [5, 5.41) is 0. The molecule has 1 unspecified atom stereocenters. The first-order valence-corrected chi connectivity index (χ1v) is 6.95. The van der Waals surface area contributed by atoms with Crippen LogP contribution in [-0.2, 0) is 14.3 Å². The van der Waals surface area contributed by atoms with E-state index in [2.05, 4.69) is 33.9 Å². The minimum absolute atomic E-state index is 0.168. The van der Waals surface area contributed by atoms with Gasteiger partial charge in [0.2, 0.25) is 0 Å². The van der Waals surface area contributed by atoms with E-state index < -0.39 is 0 Å². The van der Waals surface area contributed by atoms with Gasteiger partial charge in [0, 0.05) is 32.1 Å². The maximum atomic E-state index is 11.6. The van der Waals surface area contributed by atoms with Crippen molar-refractivity contribution in [1.82, 2.24) is 0 Å². The van der Waals surface area contributed by atoms with Gasteiger partial charge >= 0.3 is 0 Å². The Labute approximate surface area is 120 Å². The number of benzene rings is 1. The van der Waals surface area contributed by atoms with E-state index in [1.165, 1.54) is 11.3 Å². The number of rotatable bonds is 4. The summed E-state index contributed by atoms with van der Waals surface area (Å²) in [5.41, 5.74) is 2.37. The van der Waals surface area contributed by atoms with Crippen molar-refractivity contribution >= 4 is 17.9 Å². The van der Waals surface area contributed by atoms with Crippen LogP contribution in [0.15, 0.2) is 24.3 Å². The summed E-state index contributed by atoms with van der Waals surface area (Å²) in [5.74, 6) is 0.578. The topological polar surface area (TPSA) is 46.6 Å². The van der Waals surface area contributed by atoms with Crippen molar-refractivity contribution in [3.63, 3.8) is 0 Å². The molecule has 1 fully saturated rings. The van der Waals surface area contributed by atoms with Crippen LogP contribution in [0.25, 0.3) is 0 Å². The second-order valence-electron chi connectivity index (χ2n) is 4.95. The second kappa shape index (κ2) is 8.35. The highest BCUT2D eigenvalue weighted by Gasteiger charge is 2.25. The molecule has 0 bridgehead atoms. The van der Waals surface area contributed by atoms with E-state index in [1.807, 2.05) is 14.1 Å². The maximum Gasteiger partial charge on any atom is 0.293 e. The average molecular weight is 277 g/mol. The monoisotopic (exact) mass is 277 g/mol. The van der Waals surface area contributed by atoms with Crippen molar-refractivity contribution in [2.24, 2.45) is 0 Å². The average Bonchev–Trinajstić information content (AvgIpc) is 2.87. The lowest BCUT2D eigenvalue weighted by Crippen LogP contribution is -2.09. The molecule has 0 aliphatic heterocycles. The molecule has 1 saturated carbocycles. The van der Waals surface area contributed by atoms with E-state index in [1.54, 1.807) is 6.92 Å². The highest BCUT2D eigenvalue weighted by Crippen LogP contribution is 2.31. The number of carbonyl (C=O) groups is 2. The van der Waals surface area contributed by atoms with Gasteiger partial charge < -0.3 is 9.64 Å². The molecule has 0 radical (unpaired) electrons. The van der Waals surface area contributed by atoms with Gasteiger partial charge in [0.15, 0.2) is 0 Å². The summed E-state index contributed by atoms with van der Waals surface area (Å²) in [4.78, 5) is 22.8. The van der Waals surface area contributed by atoms with E-state index in [0.29, 0.717) is 18.9 Å². The number of ketones is 1. The van der Waals surface area contributed by atoms with Crippen LogP contribution in [0.4, 0.5) is 5.69 Å². The fourth-order valence-electron chi connectivity index (χ4n) is 2.24. The Hall–Kier alpha value is -1.84. The normalized spacial score (nSPS) is 17.1. The fraction of sp³-hybridized carbons (Fsp3) is 0.500. The van der Waals surface area contributed by atoms with Gasteiger partial charge in [-0.25, -0.2) is 0 Å². The number of Topliss-reactive ketones (excluding diaryl/α,β-unsaturated/α-hetero) is 1. The van der Waals surface area contributed by atoms with E-state index >= 15 is 0 Å². The first kappa shape index (κ1) is 16.2. The first-order chi connectivity index (χ1) is 9.60. The van der Waals surface area contributed by atoms with Crippen molar-refractivity contribution in [3.8, 4) is 0 Å². The van der Waals surface area contributed by atoms with Crippen molar-refractivity contribution in [2.45, 2.75) is 32.1 Å². The van der Waals surface area contributed by atoms with Crippen LogP contribution in [0.3, 0.4) is 0 Å². The number of hydrogen-bond donors (Lipinski definition) is 0. The third-order valence-corrected chi connectivity index (χ3v) is 3.35. The largest absolute Gasteiger partial charge is 0.468 e. The van der Waals surface area contributed by atoms with Crippen molar-refractivity contribution in [3.05, 3.63) is 29.8 Å². The number of nitrogens with zero attached hydrogens (tertiary/aromatic N) is 1. The lowest BCUT2D eigenvalue weighted by molar-refractivity contribution is -0.128. The van der Waals surface area contributed by atoms with Gasteiger partial charge in [0.05, 0.1) is 6.61 Å². The minimum atomic E-state index is 0.168. The lowest BCUT2D eigenvalue weighted by atomic mass is 9.97. The molecule has 0 N–H and O–H groups in total. The summed E-state index contributed by atoms with van der Waals surface area (Å²) in [6, 6.07) is 8.34. The third-order valence-electron chi connectivity index (χ3n) is 3.35. The molecule has 0 heterocycles. The number of hydrogen-bond acceptors (Lipinski definition) is 4. The van der Waals surface area contributed by atoms with Gasteiger partial charge in [-0.1, -0.05) is 12.1 Å². The summed E-state index contributed by atoms with van der Waals surface area (Å²) >= 11 is 0. The molecule has 1 aliphatic rings. The molecular weight excluding hydrogens is 254 g/mol. The minimum Gasteiger partial charge on any atom is -0.468 e. The van der Waals surface area contributed by atoms with Crippen LogP contribution >= 0.6 is 0 Å². The maximum absolute atomic E-state index is 11.6. The molecule has 0 spiro atoms. The first-order valence-electron chi connectivity index (χ1n) is 6.95. The molecule has 1 aliphatic carbocycles. The molecule has 1 aromatic rings. The highest BCUT2D eigenvalue weighted by atomic mass is 16.5. The Morgan fingerprint density at radius 3 is 2.30 bits per heavy atom. The standard InChI is InChI=1S/C13H17NO.C3H6O2/c1-14(2)11-8-6-10(7-9-11)12-4-3-5-13(12)15;1-2-5-3-4/h6-9,12H,3-5H2,1-2H3;3H,2H2,1H3. The molecule has 110 valence electrons. The van der Waals surface area contributed by atoms with Gasteiger partial charge in [-0.15, -0.1) is 0 Å². The number of carbonyl (C=O) groups excluding carboxylic acids is 2. The zero-order valence-electron chi connectivity index (χ0n) is 12.5. The van der Waals surface area contributed by atoms with E-state index in [0.717, 1.165) is 19.3 Å². The Bertz CT molecular complexity index is 426. The SMILES string of the molecule is CCOC=O.CN(C)c1ccc(C2CCCC2=O)cc1. The van der Waals surface area contributed by atoms with E-state index in [4.69, 9.17) is 0 Å². The molecule has 1 atom stereocenters. The second-order valence-corrected chi connectivity index (χ2v) is 4.95. The number of anilines is 1. The Morgan fingerprint density at radius 2 is 1.95 bits per heavy atom. The molecule has 0 saturated heterocycles. The van der Waals surface area contributed by atoms with Crippen LogP contribution in [-0.4, -0.2) is 33.0 Å². The Morgan fingerprint density at radius 1 is 1.30 bits per heavy atom. The Balaban J connectivity index is 0.000000347. The number of ether oxygens (including phenoxy) is 1. The highest BCUT2D eigenvalue weighted by molar-refractivity contribution is 5.87. The summed E-state index contributed by atoms with van der Waals surface area (Å²) in [7, 11) is 4.05. The van der Waals surface area contributed by atoms with Gasteiger partial charge in [0.1, 0.15) is 5.78 Å². The zero-order chi connectivity index (χ0) is 15.0. The predicted molar refractivity (Wildman–Crippen MR) is 80.1 cm³/mol. The van der Waals surface area contributed by atoms with Crippen molar-refractivity contribution < 1.29 is 14.3 Å². The molecule has 1 aromatic carbocycles. The third kappa shape index (κ3) is 4.68. The zero-order valence-corrected chi connectivity index (χ0v) is 12.5. The molecular formula is C16H23NO3. The molecule has 2 rings (SSSR count). The van der Waals surface area contributed by atoms with Crippen LogP contribution in [0.2, 0.25) is 0 Å². The molecule has 20 heavy (non-hydrogen) atoms. The summed E-state index contributed by atoms with van der Waals surface area (Å²) in [6.07, 6.45) is 2.85. The molecule has 0 aromatic heterocycles. The molecule has 0 amide bonds. The van der Waals surface area contributed by atoms with Crippen LogP contribution in [0.1, 0.15) is 37.7 Å². The summed E-state index contributed by atoms with van der Waals surface area (Å²) in [6.45, 7) is 2.66. The molecule has 4 nitrogen and oxygen atoms in total. The van der Waals surface area contributed by atoms with E-state index in [9.17, 15) is 9.59 Å². The summed E-state index contributed by atoms with van der Waals surface area (Å²) < 4.78 is 4.15. The van der Waals surface area contributed by atoms with Gasteiger partial charge in [-0.3, -0.25) is 9.59 Å². The predicted octanol–water partition coefficient (Wildman–Crippen LogP) is 2.77. The molecule has 4 heteroatoms. The quantitative estimate of drug-likeness (QED) is 0.794. The lowest BCUT2D eigenvalue weighted by Gasteiger charge is -2.14. The van der Waals surface area contributed by atoms with Crippen LogP contribution < -0.4 is 4.90 Å². The van der Waals surface area contributed by atoms with Crippen molar-refractivity contribution in [2.75, 3.05) is 25.6 Å². The van der Waals surface area contributed by atoms with Crippen LogP contribution in [0, 0.1) is 0 Å². The Kier molecular flexibility index (Phi) is 6.77. The van der Waals surface area contributed by atoms with Gasteiger partial charge in [0.25, 0.3) is 6.47 Å². The van der Waals surface area contributed by atoms with Crippen molar-refractivity contribution in [1.29, 1.82) is 0 Å². The van der Waals surface area contributed by atoms with Gasteiger partial charge in [-0.2, -0.15) is 0 Å². The fourth-order valence-corrected chi connectivity index (χ4v) is 2.24. The van der Waals surface area contributed by atoms with Crippen LogP contribution in [0.5, 0.6) is 0 Å². The van der Waals surface area contributed by atoms with Gasteiger partial charge in [-0.05, 0) is 37.5 Å². The van der Waals surface area contributed by atoms with E-state index in [-0.39, 0.29) is 5.92 Å².